The van der Waals surface area contributed by atoms with E-state index in [9.17, 15) is 64.5 Å². The molecular formula is C59H89N5O15. The molecule has 20 heteroatoms. The maximum Gasteiger partial charge on any atom is 0.325 e. The van der Waals surface area contributed by atoms with Crippen LogP contribution in [0.4, 0.5) is 0 Å². The summed E-state index contributed by atoms with van der Waals surface area (Å²) in [5.74, 6) is -7.04. The number of Topliss-reactive ketones (excluding diaryl/α,β-unsaturated/α-hetero) is 1. The number of hydrogen-bond acceptors (Lipinski definition) is 16. The van der Waals surface area contributed by atoms with Gasteiger partial charge < -0.3 is 66.0 Å². The number of amides is 4. The average Bonchev–Trinajstić information content (AvgIpc) is 3.38. The number of aliphatic hydroxyl groups excluding tert-OH is 6. The van der Waals surface area contributed by atoms with Gasteiger partial charge >= 0.3 is 5.97 Å². The number of phenols is 1. The van der Waals surface area contributed by atoms with Crippen molar-refractivity contribution in [3.05, 3.63) is 65.3 Å². The number of aryl methyl sites for hydroxylation is 1. The Morgan fingerprint density at radius 3 is 2.30 bits per heavy atom. The van der Waals surface area contributed by atoms with Crippen molar-refractivity contribution in [2.75, 3.05) is 6.54 Å². The molecule has 4 unspecified atom stereocenters. The van der Waals surface area contributed by atoms with Crippen molar-refractivity contribution in [2.24, 2.45) is 47.3 Å². The minimum absolute atomic E-state index is 0.0471. The van der Waals surface area contributed by atoms with Crippen LogP contribution < -0.4 is 21.4 Å². The van der Waals surface area contributed by atoms with Crippen molar-refractivity contribution < 1.29 is 74.0 Å². The molecule has 2 bridgehead atoms. The number of allylic oxidation sites excluding steroid dienone is 2. The molecule has 0 radical (unpaired) electrons. The fourth-order valence-corrected chi connectivity index (χ4v) is 11.9. The maximum atomic E-state index is 14.6. The molecule has 1 spiro atoms. The van der Waals surface area contributed by atoms with E-state index in [1.54, 1.807) is 52.0 Å². The topological polar surface area (TPSA) is 314 Å². The first kappa shape index (κ1) is 63.1. The van der Waals surface area contributed by atoms with E-state index in [1.807, 2.05) is 20.8 Å². The van der Waals surface area contributed by atoms with Crippen molar-refractivity contribution in [1.82, 2.24) is 26.4 Å². The Morgan fingerprint density at radius 1 is 0.911 bits per heavy atom. The number of carbonyl (C=O) groups excluding carboxylic acids is 6. The smallest absolute Gasteiger partial charge is 0.325 e. The second-order valence-electron chi connectivity index (χ2n) is 23.7. The van der Waals surface area contributed by atoms with E-state index in [1.165, 1.54) is 43.2 Å². The lowest BCUT2D eigenvalue weighted by molar-refractivity contribution is -0.320. The van der Waals surface area contributed by atoms with Crippen LogP contribution in [0.5, 0.6) is 5.75 Å². The number of nitrogens with zero attached hydrogens (tertiary/aromatic N) is 1. The summed E-state index contributed by atoms with van der Waals surface area (Å²) in [6, 6.07) is 0.729. The highest BCUT2D eigenvalue weighted by atomic mass is 16.5. The zero-order valence-corrected chi connectivity index (χ0v) is 47.4. The number of aliphatic hydroxyl groups is 6. The first-order chi connectivity index (χ1) is 37.3. The lowest BCUT2D eigenvalue weighted by atomic mass is 9.55. The van der Waals surface area contributed by atoms with E-state index in [4.69, 9.17) is 9.47 Å². The molecule has 4 aliphatic heterocycles. The standard InChI is InChI=1S/C59H89N5O15/c1-10-37-26-39-28-41-53(72)36(9)49(79-59(39,41)62-54(37)73)29-46(69)32(5)19-23-44(67)47(70)25-33(6)48-17-13-11-12-16-43(66)35(8)52(71)40(22-20-34(7)65)55(74)60-50(30(2)3)56(75)61-51(38-21-18-31(4)45(68)27-38)57(76)64-24-14-15-42(63-64)58(77)78-48/h11-13,16,18,21,25,27,30,32,35-37,39-44,46-53,63,66-72H,10,14-15,17,19-20,22-24,26,28-29H2,1-9H3,(H,60,74)(H,61,75)(H,62,73)/b13-11+,16-12+,33-25+/t32-,35-,36-,37-,39+,40+,41-,42?,43-,44?,46-,47?,48-,49-,50-,51?,52+,53-,59+/m0/s1. The summed E-state index contributed by atoms with van der Waals surface area (Å²) in [5, 5.41) is 88.9. The molecule has 20 nitrogen and oxygen atoms in total. The third kappa shape index (κ3) is 15.1. The SMILES string of the molecule is CC[C@H]1C[C@@H]2C[C@H]3[C@@H](O)[C@@H](C)[C@H](C[C@H](O)[C@@H](C)CCC(O)C(O)/C=C(\C)[C@@H]4C/C=C/C=C/[C@H](O)[C@H](C)[C@@H](O)[C@@H](CCC(C)=O)C(=O)N[C@@H](C(C)C)C(=O)NC(c5ccc(C)c(O)c5)C(=O)N5CCCC(N5)C(=O)O4)O[C@]23NC1=O. The summed E-state index contributed by atoms with van der Waals surface area (Å²) in [4.78, 5) is 82.3. The fourth-order valence-electron chi connectivity index (χ4n) is 11.9. The number of cyclic esters (lactones) is 1. The van der Waals surface area contributed by atoms with Crippen LogP contribution >= 0.6 is 0 Å². The summed E-state index contributed by atoms with van der Waals surface area (Å²) >= 11 is 0. The van der Waals surface area contributed by atoms with Gasteiger partial charge in [-0.2, -0.15) is 0 Å². The summed E-state index contributed by atoms with van der Waals surface area (Å²) in [5.41, 5.74) is 3.11. The predicted molar refractivity (Wildman–Crippen MR) is 291 cm³/mol. The Hall–Kier alpha value is -5.06. The number of esters is 1. The number of ether oxygens (including phenoxy) is 2. The number of hydrazine groups is 1. The highest BCUT2D eigenvalue weighted by Gasteiger charge is 2.67. The molecular weight excluding hydrogens is 1020 g/mol. The number of fused-ring (bicyclic) bond motifs is 2. The third-order valence-electron chi connectivity index (χ3n) is 17.6. The first-order valence-electron chi connectivity index (χ1n) is 28.6. The summed E-state index contributed by atoms with van der Waals surface area (Å²) in [6.07, 6.45) is 2.12. The van der Waals surface area contributed by atoms with Crippen LogP contribution in [0.1, 0.15) is 143 Å². The molecule has 1 aromatic rings. The average molecular weight is 1110 g/mol. The molecule has 440 valence electrons. The number of carbonyl (C=O) groups is 6. The second-order valence-corrected chi connectivity index (χ2v) is 23.7. The van der Waals surface area contributed by atoms with Crippen molar-refractivity contribution in [2.45, 2.75) is 206 Å². The van der Waals surface area contributed by atoms with Gasteiger partial charge in [0, 0.05) is 55.4 Å². The first-order valence-corrected chi connectivity index (χ1v) is 28.6. The quantitative estimate of drug-likeness (QED) is 0.0886. The van der Waals surface area contributed by atoms with E-state index < -0.39 is 114 Å². The van der Waals surface area contributed by atoms with Gasteiger partial charge in [0.05, 0.1) is 48.6 Å². The number of ketones is 1. The molecule has 0 aromatic heterocycles. The van der Waals surface area contributed by atoms with Crippen molar-refractivity contribution in [3.63, 3.8) is 0 Å². The van der Waals surface area contributed by atoms with E-state index in [2.05, 4.69) is 21.4 Å². The lowest BCUT2D eigenvalue weighted by Crippen LogP contribution is -2.78. The Kier molecular flexibility index (Phi) is 22.1. The lowest BCUT2D eigenvalue weighted by Gasteiger charge is -2.65. The third-order valence-corrected chi connectivity index (χ3v) is 17.6. The zero-order chi connectivity index (χ0) is 58.2. The van der Waals surface area contributed by atoms with Gasteiger partial charge in [0.1, 0.15) is 41.5 Å². The maximum absolute atomic E-state index is 14.6. The molecule has 1 aromatic carbocycles. The van der Waals surface area contributed by atoms with Crippen LogP contribution in [0.2, 0.25) is 0 Å². The highest BCUT2D eigenvalue weighted by Crippen LogP contribution is 2.57. The van der Waals surface area contributed by atoms with Crippen LogP contribution in [0.3, 0.4) is 0 Å². The molecule has 19 atom stereocenters. The van der Waals surface area contributed by atoms with Crippen LogP contribution in [0, 0.1) is 54.3 Å². The monoisotopic (exact) mass is 1110 g/mol. The molecule has 3 saturated heterocycles. The molecule has 1 saturated carbocycles. The number of nitrogens with one attached hydrogen (secondary N) is 4. The van der Waals surface area contributed by atoms with Gasteiger partial charge in [-0.3, -0.25) is 29.0 Å². The number of aromatic hydroxyl groups is 1. The van der Waals surface area contributed by atoms with Crippen LogP contribution in [-0.2, 0) is 38.2 Å². The number of hydrogen-bond donors (Lipinski definition) is 11. The molecule has 6 rings (SSSR count). The van der Waals surface area contributed by atoms with Crippen molar-refractivity contribution in [1.29, 1.82) is 0 Å². The molecule has 4 heterocycles. The summed E-state index contributed by atoms with van der Waals surface area (Å²) < 4.78 is 12.7. The molecule has 5 aliphatic rings. The Morgan fingerprint density at radius 2 is 1.63 bits per heavy atom. The summed E-state index contributed by atoms with van der Waals surface area (Å²) in [6.45, 7) is 15.4. The van der Waals surface area contributed by atoms with E-state index in [-0.39, 0.29) is 97.7 Å². The number of benzene rings is 1. The largest absolute Gasteiger partial charge is 0.508 e. The molecule has 1 aliphatic carbocycles. The van der Waals surface area contributed by atoms with E-state index in [0.717, 1.165) is 12.8 Å². The highest BCUT2D eigenvalue weighted by molar-refractivity contribution is 5.93. The van der Waals surface area contributed by atoms with Gasteiger partial charge in [0.25, 0.3) is 5.91 Å². The van der Waals surface area contributed by atoms with Gasteiger partial charge in [0.15, 0.2) is 0 Å². The van der Waals surface area contributed by atoms with Crippen LogP contribution in [-0.4, -0.2) is 149 Å². The molecule has 11 N–H and O–H groups in total. The van der Waals surface area contributed by atoms with Crippen molar-refractivity contribution in [3.8, 4) is 5.75 Å². The zero-order valence-electron chi connectivity index (χ0n) is 47.4. The van der Waals surface area contributed by atoms with Crippen LogP contribution in [0.15, 0.2) is 54.2 Å². The van der Waals surface area contributed by atoms with Gasteiger partial charge in [-0.15, -0.1) is 0 Å². The van der Waals surface area contributed by atoms with E-state index >= 15 is 0 Å². The van der Waals surface area contributed by atoms with E-state index in [0.29, 0.717) is 30.4 Å². The Labute approximate surface area is 464 Å². The Balaban J connectivity index is 1.20. The summed E-state index contributed by atoms with van der Waals surface area (Å²) in [7, 11) is 0. The van der Waals surface area contributed by atoms with Gasteiger partial charge in [-0.05, 0) is 107 Å². The van der Waals surface area contributed by atoms with Gasteiger partial charge in [-0.1, -0.05) is 84.1 Å². The second kappa shape index (κ2) is 27.6. The molecule has 4 fully saturated rings. The number of rotatable bonds is 15. The number of piperidine rings is 1. The fraction of sp³-hybridized carbons (Fsp3) is 0.695. The normalized spacial score (nSPS) is 35.8. The van der Waals surface area contributed by atoms with Gasteiger partial charge in [0.2, 0.25) is 17.7 Å². The molecule has 4 amide bonds. The van der Waals surface area contributed by atoms with Crippen molar-refractivity contribution >= 4 is 35.4 Å². The Bertz CT molecular complexity index is 2410. The van der Waals surface area contributed by atoms with Gasteiger partial charge in [-0.25, -0.2) is 5.43 Å². The predicted octanol–water partition coefficient (Wildman–Crippen LogP) is 3.38. The minimum atomic E-state index is -1.48. The molecule has 79 heavy (non-hydrogen) atoms. The number of phenolic OH excluding ortho intramolecular Hbond substituents is 1. The minimum Gasteiger partial charge on any atom is -0.508 e. The van der Waals surface area contributed by atoms with Crippen LogP contribution in [0.25, 0.3) is 0 Å².